The van der Waals surface area contributed by atoms with E-state index < -0.39 is 0 Å². The first-order valence-electron chi connectivity index (χ1n) is 2.37. The van der Waals surface area contributed by atoms with E-state index in [1.165, 1.54) is 0 Å². The average molecular weight is 97.2 g/mol. The lowest BCUT2D eigenvalue weighted by Gasteiger charge is -1.99. The molecule has 0 spiro atoms. The summed E-state index contributed by atoms with van der Waals surface area (Å²) in [7, 11) is 0. The minimum absolute atomic E-state index is 0.495. The van der Waals surface area contributed by atoms with Crippen LogP contribution in [-0.2, 0) is 0 Å². The smallest absolute Gasteiger partial charge is 0.0393 e. The fourth-order valence-electron chi connectivity index (χ4n) is 0.226. The Bertz CT molecular complexity index is 78.2. The van der Waals surface area contributed by atoms with Crippen molar-refractivity contribution in [2.75, 3.05) is 0 Å². The highest BCUT2D eigenvalue weighted by Crippen LogP contribution is 1.72. The summed E-state index contributed by atoms with van der Waals surface area (Å²) in [4.78, 5) is 0. The van der Waals surface area contributed by atoms with Crippen molar-refractivity contribution in [3.63, 3.8) is 0 Å². The maximum atomic E-state index is 3.39. The van der Waals surface area contributed by atoms with Crippen molar-refractivity contribution < 1.29 is 0 Å². The maximum Gasteiger partial charge on any atom is 0.0393 e. The predicted octanol–water partition coefficient (Wildman–Crippen LogP) is 1.28. The van der Waals surface area contributed by atoms with Gasteiger partial charge in [0.15, 0.2) is 0 Å². The van der Waals surface area contributed by atoms with Crippen LogP contribution in [0.1, 0.15) is 13.8 Å². The van der Waals surface area contributed by atoms with Gasteiger partial charge in [0.25, 0.3) is 0 Å². The van der Waals surface area contributed by atoms with E-state index >= 15 is 0 Å². The summed E-state index contributed by atoms with van der Waals surface area (Å²) in [5.74, 6) is 0. The summed E-state index contributed by atoms with van der Waals surface area (Å²) in [6, 6.07) is 0.495. The second kappa shape index (κ2) is 3.51. The van der Waals surface area contributed by atoms with Gasteiger partial charge in [0, 0.05) is 12.2 Å². The van der Waals surface area contributed by atoms with E-state index in [9.17, 15) is 0 Å². The molecule has 0 heterocycles. The molecule has 0 fully saturated rings. The Labute approximate surface area is 44.7 Å². The van der Waals surface area contributed by atoms with E-state index in [1.54, 1.807) is 6.20 Å². The van der Waals surface area contributed by atoms with Crippen LogP contribution in [0.5, 0.6) is 0 Å². The van der Waals surface area contributed by atoms with Crippen molar-refractivity contribution in [2.24, 2.45) is 0 Å². The molecule has 0 atom stereocenters. The highest BCUT2D eigenvalue weighted by molar-refractivity contribution is 4.74. The summed E-state index contributed by atoms with van der Waals surface area (Å²) in [6.07, 6.45) is 1.71. The molecule has 1 N–H and O–H groups in total. The second-order valence-corrected chi connectivity index (χ2v) is 1.67. The van der Waals surface area contributed by atoms with E-state index in [0.29, 0.717) is 6.04 Å². The van der Waals surface area contributed by atoms with Crippen LogP contribution >= 0.6 is 0 Å². The summed E-state index contributed by atoms with van der Waals surface area (Å²) < 4.78 is 0. The number of nitrogens with one attached hydrogen (secondary N) is 1. The molecule has 0 amide bonds. The molecule has 40 valence electrons. The zero-order chi connectivity index (χ0) is 5.70. The van der Waals surface area contributed by atoms with Crippen molar-refractivity contribution >= 4 is 0 Å². The fraction of sp³-hybridized carbons (Fsp3) is 0.500. The van der Waals surface area contributed by atoms with Crippen LogP contribution in [0.2, 0.25) is 0 Å². The number of hydrogen-bond acceptors (Lipinski definition) is 1. The quantitative estimate of drug-likeness (QED) is 0.512. The van der Waals surface area contributed by atoms with Crippen LogP contribution in [0.25, 0.3) is 0 Å². The van der Waals surface area contributed by atoms with Crippen LogP contribution in [0.3, 0.4) is 0 Å². The fourth-order valence-corrected chi connectivity index (χ4v) is 0.226. The Morgan fingerprint density at radius 1 is 1.71 bits per heavy atom. The molecule has 0 aromatic rings. The van der Waals surface area contributed by atoms with Gasteiger partial charge < -0.3 is 5.32 Å². The van der Waals surface area contributed by atoms with Crippen LogP contribution in [0, 0.1) is 0 Å². The predicted molar refractivity (Wildman–Crippen MR) is 32.0 cm³/mol. The number of rotatable bonds is 2. The van der Waals surface area contributed by atoms with E-state index in [1.807, 2.05) is 0 Å². The van der Waals surface area contributed by atoms with Gasteiger partial charge in [0.05, 0.1) is 0 Å². The molecule has 7 heavy (non-hydrogen) atoms. The summed E-state index contributed by atoms with van der Waals surface area (Å²) in [5.41, 5.74) is 2.61. The van der Waals surface area contributed by atoms with Gasteiger partial charge in [0.1, 0.15) is 0 Å². The molecule has 0 saturated carbocycles. The Balaban J connectivity index is 3.13. The van der Waals surface area contributed by atoms with Gasteiger partial charge in [0.2, 0.25) is 0 Å². The van der Waals surface area contributed by atoms with E-state index in [0.717, 1.165) is 0 Å². The third kappa shape index (κ3) is 5.32. The average Bonchev–Trinajstić information content (AvgIpc) is 1.61. The minimum atomic E-state index is 0.495. The Kier molecular flexibility index (Phi) is 3.17. The van der Waals surface area contributed by atoms with Crippen LogP contribution in [0.4, 0.5) is 0 Å². The van der Waals surface area contributed by atoms with E-state index in [2.05, 4.69) is 31.5 Å². The van der Waals surface area contributed by atoms with Crippen LogP contribution in [0.15, 0.2) is 18.5 Å². The first-order chi connectivity index (χ1) is 3.27. The lowest BCUT2D eigenvalue weighted by molar-refractivity contribution is 0.703. The second-order valence-electron chi connectivity index (χ2n) is 1.67. The maximum absolute atomic E-state index is 3.39. The monoisotopic (exact) mass is 97.1 g/mol. The molecule has 1 heteroatoms. The molecule has 0 aliphatic carbocycles. The largest absolute Gasteiger partial charge is 0.382 e. The minimum Gasteiger partial charge on any atom is -0.382 e. The topological polar surface area (TPSA) is 12.0 Å². The van der Waals surface area contributed by atoms with Gasteiger partial charge in [-0.05, 0) is 13.8 Å². The molecule has 0 rings (SSSR count). The summed E-state index contributed by atoms with van der Waals surface area (Å²) in [6.45, 7) is 7.52. The normalized spacial score (nSPS) is 7.86. The Morgan fingerprint density at radius 2 is 2.29 bits per heavy atom. The first-order valence-corrected chi connectivity index (χ1v) is 2.37. The molecule has 0 saturated heterocycles. The van der Waals surface area contributed by atoms with Crippen molar-refractivity contribution in [2.45, 2.75) is 19.9 Å². The van der Waals surface area contributed by atoms with Gasteiger partial charge in [-0.15, -0.1) is 5.73 Å². The summed E-state index contributed by atoms with van der Waals surface area (Å²) >= 11 is 0. The van der Waals surface area contributed by atoms with Crippen molar-refractivity contribution in [1.29, 1.82) is 0 Å². The van der Waals surface area contributed by atoms with Crippen molar-refractivity contribution in [3.8, 4) is 0 Å². The van der Waals surface area contributed by atoms with E-state index in [-0.39, 0.29) is 0 Å². The van der Waals surface area contributed by atoms with Gasteiger partial charge >= 0.3 is 0 Å². The molecular weight excluding hydrogens is 86.1 g/mol. The third-order valence-electron chi connectivity index (χ3n) is 0.519. The molecule has 0 aliphatic heterocycles. The molecular formula is C6H11N. The zero-order valence-corrected chi connectivity index (χ0v) is 4.86. The molecule has 0 aromatic heterocycles. The molecule has 0 unspecified atom stereocenters. The Hall–Kier alpha value is -0.680. The van der Waals surface area contributed by atoms with Crippen LogP contribution in [-0.4, -0.2) is 6.04 Å². The van der Waals surface area contributed by atoms with E-state index in [4.69, 9.17) is 0 Å². The third-order valence-corrected chi connectivity index (χ3v) is 0.519. The lowest BCUT2D eigenvalue weighted by atomic mass is 10.4. The van der Waals surface area contributed by atoms with Gasteiger partial charge in [-0.25, -0.2) is 0 Å². The molecule has 1 nitrogen and oxygen atoms in total. The van der Waals surface area contributed by atoms with Crippen molar-refractivity contribution in [3.05, 3.63) is 18.5 Å². The SMILES string of the molecule is C=C=CNC(C)C. The van der Waals surface area contributed by atoms with Gasteiger partial charge in [-0.3, -0.25) is 0 Å². The van der Waals surface area contributed by atoms with Gasteiger partial charge in [-0.2, -0.15) is 0 Å². The van der Waals surface area contributed by atoms with Crippen LogP contribution < -0.4 is 5.32 Å². The molecule has 0 aromatic carbocycles. The standard InChI is InChI=1S/C6H11N/c1-4-5-7-6(2)3/h5-7H,1H2,2-3H3. The number of hydrogen-bond donors (Lipinski definition) is 1. The first kappa shape index (κ1) is 6.32. The van der Waals surface area contributed by atoms with Gasteiger partial charge in [-0.1, -0.05) is 6.58 Å². The zero-order valence-electron chi connectivity index (χ0n) is 4.86. The lowest BCUT2D eigenvalue weighted by Crippen LogP contribution is -2.14. The molecule has 0 radical (unpaired) electrons. The van der Waals surface area contributed by atoms with Crippen molar-refractivity contribution in [1.82, 2.24) is 5.32 Å². The molecule has 0 bridgehead atoms. The highest BCUT2D eigenvalue weighted by Gasteiger charge is 1.79. The Morgan fingerprint density at radius 3 is 2.43 bits per heavy atom. The molecule has 0 aliphatic rings. The summed E-state index contributed by atoms with van der Waals surface area (Å²) in [5, 5.41) is 3.00. The highest BCUT2D eigenvalue weighted by atomic mass is 14.9.